The molecule has 2 aromatic rings. The number of carboxylic acid groups (broad SMARTS) is 1. The first-order valence-corrected chi connectivity index (χ1v) is 11.4. The Morgan fingerprint density at radius 1 is 1.11 bits per heavy atom. The van der Waals surface area contributed by atoms with Crippen LogP contribution in [0.15, 0.2) is 59.9 Å². The number of hydrogen-bond donors (Lipinski definition) is 4. The normalized spacial score (nSPS) is 14.9. The van der Waals surface area contributed by atoms with Crippen molar-refractivity contribution in [1.82, 2.24) is 15.6 Å². The predicted molar refractivity (Wildman–Crippen MR) is 135 cm³/mol. The second kappa shape index (κ2) is 15.2. The average Bonchev–Trinajstić information content (AvgIpc) is 3.35. The number of oxime groups is 1. The topological polar surface area (TPSA) is 151 Å². The zero-order chi connectivity index (χ0) is 24.9. The van der Waals surface area contributed by atoms with Gasteiger partial charge in [-0.15, -0.1) is 12.4 Å². The van der Waals surface area contributed by atoms with Gasteiger partial charge >= 0.3 is 12.1 Å². The molecule has 2 atom stereocenters. The molecule has 1 aliphatic rings. The average molecular weight is 520 g/mol. The summed E-state index contributed by atoms with van der Waals surface area (Å²) < 4.78 is 5.03. The summed E-state index contributed by atoms with van der Waals surface area (Å²) >= 11 is 0. The number of ether oxygens (including phenoxy) is 1. The first kappa shape index (κ1) is 28.4. The summed E-state index contributed by atoms with van der Waals surface area (Å²) in [7, 11) is 0. The van der Waals surface area contributed by atoms with Crippen molar-refractivity contribution in [2.75, 3.05) is 18.4 Å². The van der Waals surface area contributed by atoms with Crippen LogP contribution in [0, 0.1) is 0 Å². The molecule has 0 radical (unpaired) electrons. The summed E-state index contributed by atoms with van der Waals surface area (Å²) in [6.45, 7) is 0.451. The Bertz CT molecular complexity index is 1010. The second-order valence-electron chi connectivity index (χ2n) is 7.91. The van der Waals surface area contributed by atoms with Gasteiger partial charge in [-0.05, 0) is 37.0 Å². The van der Waals surface area contributed by atoms with Gasteiger partial charge in [-0.25, -0.2) is 14.6 Å². The van der Waals surface area contributed by atoms with Crippen LogP contribution in [0.1, 0.15) is 31.2 Å². The summed E-state index contributed by atoms with van der Waals surface area (Å²) in [5.74, 6) is -1.01. The molecule has 4 N–H and O–H groups in total. The molecule has 12 heteroatoms. The van der Waals surface area contributed by atoms with Crippen LogP contribution in [0.25, 0.3) is 0 Å². The molecule has 3 rings (SSSR count). The molecule has 1 aromatic carbocycles. The number of hydrogen-bond acceptors (Lipinski definition) is 8. The standard InChI is InChI=1S/C24H29N5O6.ClH/c30-22(19-14-18(35-29-19)10-4-6-12-25-21-11-5-7-13-26-21)27-15-20(23(31)32)28-24(33)34-16-17-8-2-1-3-9-17;/h1-3,5,7-9,11,13,18,20H,4,6,10,12,14-16H2,(H,25,26)(H,27,30)(H,28,33)(H,31,32);1H. The van der Waals surface area contributed by atoms with Crippen LogP contribution in [0.3, 0.4) is 0 Å². The number of carbonyl (C=O) groups excluding carboxylic acids is 2. The summed E-state index contributed by atoms with van der Waals surface area (Å²) in [5.41, 5.74) is 0.957. The van der Waals surface area contributed by atoms with E-state index in [0.717, 1.165) is 37.2 Å². The molecular formula is C24H30ClN5O6. The number of aliphatic carboxylic acids is 1. The van der Waals surface area contributed by atoms with Crippen molar-refractivity contribution in [2.24, 2.45) is 5.16 Å². The molecule has 11 nitrogen and oxygen atoms in total. The van der Waals surface area contributed by atoms with Gasteiger partial charge in [-0.2, -0.15) is 0 Å². The van der Waals surface area contributed by atoms with Crippen molar-refractivity contribution in [3.05, 3.63) is 60.3 Å². The van der Waals surface area contributed by atoms with Gasteiger partial charge < -0.3 is 30.6 Å². The number of aromatic nitrogens is 1. The Hall–Kier alpha value is -3.86. The number of rotatable bonds is 13. The van der Waals surface area contributed by atoms with E-state index in [9.17, 15) is 19.5 Å². The van der Waals surface area contributed by atoms with Gasteiger partial charge in [0.25, 0.3) is 5.91 Å². The number of amides is 2. The zero-order valence-electron chi connectivity index (χ0n) is 19.6. The van der Waals surface area contributed by atoms with Gasteiger partial charge in [0, 0.05) is 25.7 Å². The monoisotopic (exact) mass is 519 g/mol. The highest BCUT2D eigenvalue weighted by atomic mass is 35.5. The lowest BCUT2D eigenvalue weighted by atomic mass is 10.1. The Morgan fingerprint density at radius 2 is 1.89 bits per heavy atom. The molecule has 0 saturated carbocycles. The number of carboxylic acids is 1. The third-order valence-electron chi connectivity index (χ3n) is 5.19. The fourth-order valence-corrected chi connectivity index (χ4v) is 3.30. The van der Waals surface area contributed by atoms with Crippen LogP contribution in [0.2, 0.25) is 0 Å². The number of carbonyl (C=O) groups is 3. The van der Waals surface area contributed by atoms with Crippen LogP contribution in [0.5, 0.6) is 0 Å². The minimum Gasteiger partial charge on any atom is -0.480 e. The fraction of sp³-hybridized carbons (Fsp3) is 0.375. The first-order chi connectivity index (χ1) is 17.0. The molecule has 0 fully saturated rings. The smallest absolute Gasteiger partial charge is 0.408 e. The molecule has 2 unspecified atom stereocenters. The summed E-state index contributed by atoms with van der Waals surface area (Å²) in [6.07, 6.45) is 3.49. The third-order valence-corrected chi connectivity index (χ3v) is 5.19. The Labute approximate surface area is 215 Å². The Kier molecular flexibility index (Phi) is 12.0. The minimum absolute atomic E-state index is 0. The largest absolute Gasteiger partial charge is 0.480 e. The maximum atomic E-state index is 12.4. The second-order valence-corrected chi connectivity index (χ2v) is 7.91. The van der Waals surface area contributed by atoms with Crippen LogP contribution in [-0.4, -0.2) is 59.0 Å². The van der Waals surface area contributed by atoms with E-state index in [-0.39, 0.29) is 37.4 Å². The molecular weight excluding hydrogens is 490 g/mol. The molecule has 0 aliphatic carbocycles. The lowest BCUT2D eigenvalue weighted by Crippen LogP contribution is -2.49. The highest BCUT2D eigenvalue weighted by Crippen LogP contribution is 2.17. The van der Waals surface area contributed by atoms with E-state index in [1.54, 1.807) is 30.5 Å². The van der Waals surface area contributed by atoms with Gasteiger partial charge in [-0.1, -0.05) is 41.6 Å². The predicted octanol–water partition coefficient (Wildman–Crippen LogP) is 2.73. The van der Waals surface area contributed by atoms with E-state index < -0.39 is 24.0 Å². The molecule has 2 amide bonds. The van der Waals surface area contributed by atoms with Crippen LogP contribution < -0.4 is 16.0 Å². The third kappa shape index (κ3) is 9.79. The van der Waals surface area contributed by atoms with E-state index >= 15 is 0 Å². The first-order valence-electron chi connectivity index (χ1n) is 11.4. The Morgan fingerprint density at radius 3 is 2.61 bits per heavy atom. The number of benzene rings is 1. The van der Waals surface area contributed by atoms with Gasteiger partial charge in [0.2, 0.25) is 0 Å². The minimum atomic E-state index is -1.35. The van der Waals surface area contributed by atoms with Crippen molar-refractivity contribution in [1.29, 1.82) is 0 Å². The van der Waals surface area contributed by atoms with Crippen molar-refractivity contribution < 1.29 is 29.1 Å². The lowest BCUT2D eigenvalue weighted by molar-refractivity contribution is -0.139. The van der Waals surface area contributed by atoms with Crippen LogP contribution >= 0.6 is 12.4 Å². The number of nitrogens with zero attached hydrogens (tertiary/aromatic N) is 2. The molecule has 0 spiro atoms. The molecule has 2 heterocycles. The highest BCUT2D eigenvalue weighted by Gasteiger charge is 2.27. The molecule has 1 aromatic heterocycles. The van der Waals surface area contributed by atoms with Gasteiger partial charge in [0.15, 0.2) is 0 Å². The Balaban J connectivity index is 0.00000456. The van der Waals surface area contributed by atoms with Crippen molar-refractivity contribution in [3.8, 4) is 0 Å². The van der Waals surface area contributed by atoms with E-state index in [1.807, 2.05) is 24.3 Å². The van der Waals surface area contributed by atoms with E-state index in [1.165, 1.54) is 0 Å². The van der Waals surface area contributed by atoms with Crippen LogP contribution in [-0.2, 0) is 25.8 Å². The maximum Gasteiger partial charge on any atom is 0.408 e. The van der Waals surface area contributed by atoms with Gasteiger partial charge in [0.1, 0.15) is 30.3 Å². The summed E-state index contributed by atoms with van der Waals surface area (Å²) in [5, 5.41) is 21.1. The number of pyridine rings is 1. The van der Waals surface area contributed by atoms with Gasteiger partial charge in [-0.3, -0.25) is 4.79 Å². The van der Waals surface area contributed by atoms with E-state index in [0.29, 0.717) is 6.42 Å². The number of anilines is 1. The highest BCUT2D eigenvalue weighted by molar-refractivity contribution is 6.39. The molecule has 194 valence electrons. The van der Waals surface area contributed by atoms with E-state index in [2.05, 4.69) is 26.1 Å². The summed E-state index contributed by atoms with van der Waals surface area (Å²) in [6, 6.07) is 13.3. The maximum absolute atomic E-state index is 12.4. The van der Waals surface area contributed by atoms with Crippen molar-refractivity contribution >= 4 is 41.9 Å². The molecule has 36 heavy (non-hydrogen) atoms. The SMILES string of the molecule is Cl.O=C(NC(CNC(=O)C1=NOC(CCCCNc2ccccn2)C1)C(=O)O)OCc1ccccc1. The van der Waals surface area contributed by atoms with Crippen molar-refractivity contribution in [2.45, 2.75) is 44.4 Å². The van der Waals surface area contributed by atoms with Gasteiger partial charge in [0.05, 0.1) is 0 Å². The summed E-state index contributed by atoms with van der Waals surface area (Å²) in [4.78, 5) is 45.3. The lowest BCUT2D eigenvalue weighted by Gasteiger charge is -2.15. The molecule has 0 bridgehead atoms. The number of unbranched alkanes of at least 4 members (excludes halogenated alkanes) is 1. The quantitative estimate of drug-likeness (QED) is 0.295. The number of nitrogens with one attached hydrogen (secondary N) is 3. The number of halogens is 1. The molecule has 1 aliphatic heterocycles. The zero-order valence-corrected chi connectivity index (χ0v) is 20.4. The van der Waals surface area contributed by atoms with Crippen LogP contribution in [0.4, 0.5) is 10.6 Å². The number of alkyl carbamates (subject to hydrolysis) is 1. The molecule has 0 saturated heterocycles. The van der Waals surface area contributed by atoms with E-state index in [4.69, 9.17) is 9.57 Å². The van der Waals surface area contributed by atoms with Crippen molar-refractivity contribution in [3.63, 3.8) is 0 Å². The fourth-order valence-electron chi connectivity index (χ4n) is 3.30.